The van der Waals surface area contributed by atoms with E-state index in [-0.39, 0.29) is 0 Å². The second-order valence-electron chi connectivity index (χ2n) is 4.49. The molecule has 0 aliphatic carbocycles. The van der Waals surface area contributed by atoms with E-state index in [1.807, 2.05) is 22.8 Å². The van der Waals surface area contributed by atoms with Gasteiger partial charge in [0.15, 0.2) is 0 Å². The molecule has 1 aliphatic rings. The lowest BCUT2D eigenvalue weighted by atomic mass is 10.0. The highest BCUT2D eigenvalue weighted by Gasteiger charge is 2.25. The minimum atomic E-state index is -0.529. The summed E-state index contributed by atoms with van der Waals surface area (Å²) in [6.07, 6.45) is 4.64. The first-order valence-corrected chi connectivity index (χ1v) is 6.03. The zero-order valence-electron chi connectivity index (χ0n) is 9.87. The Balaban J connectivity index is 2.21. The second kappa shape index (κ2) is 4.28. The van der Waals surface area contributed by atoms with Crippen LogP contribution in [-0.2, 0) is 6.54 Å². The van der Waals surface area contributed by atoms with E-state index in [0.29, 0.717) is 5.56 Å². The van der Waals surface area contributed by atoms with Gasteiger partial charge < -0.3 is 9.67 Å². The molecule has 0 fully saturated rings. The normalized spacial score (nSPS) is 18.1. The van der Waals surface area contributed by atoms with Crippen LogP contribution in [-0.4, -0.2) is 14.7 Å². The summed E-state index contributed by atoms with van der Waals surface area (Å²) in [5, 5.41) is 19.2. The number of aliphatic hydroxyl groups excluding tert-OH is 1. The summed E-state index contributed by atoms with van der Waals surface area (Å²) in [5.41, 5.74) is 3.27. The second-order valence-corrected chi connectivity index (χ2v) is 4.49. The highest BCUT2D eigenvalue weighted by atomic mass is 16.3. The monoisotopic (exact) mass is 239 g/mol. The van der Waals surface area contributed by atoms with Crippen molar-refractivity contribution in [3.63, 3.8) is 0 Å². The first-order valence-electron chi connectivity index (χ1n) is 6.03. The lowest BCUT2D eigenvalue weighted by Gasteiger charge is -2.22. The fourth-order valence-corrected chi connectivity index (χ4v) is 2.59. The van der Waals surface area contributed by atoms with E-state index in [9.17, 15) is 10.4 Å². The van der Waals surface area contributed by atoms with Crippen molar-refractivity contribution in [2.45, 2.75) is 25.5 Å². The molecule has 0 bridgehead atoms. The van der Waals surface area contributed by atoms with E-state index in [1.54, 1.807) is 12.4 Å². The van der Waals surface area contributed by atoms with Crippen molar-refractivity contribution in [2.24, 2.45) is 0 Å². The zero-order valence-corrected chi connectivity index (χ0v) is 9.87. The van der Waals surface area contributed by atoms with Crippen LogP contribution in [0, 0.1) is 11.3 Å². The maximum Gasteiger partial charge on any atom is 0.101 e. The fraction of sp³-hybridized carbons (Fsp3) is 0.286. The third kappa shape index (κ3) is 1.60. The topological polar surface area (TPSA) is 61.8 Å². The first kappa shape index (κ1) is 11.0. The fourth-order valence-electron chi connectivity index (χ4n) is 2.59. The molecule has 4 nitrogen and oxygen atoms in total. The van der Waals surface area contributed by atoms with Gasteiger partial charge in [0.1, 0.15) is 6.07 Å². The van der Waals surface area contributed by atoms with E-state index in [2.05, 4.69) is 11.1 Å². The molecule has 4 heteroatoms. The van der Waals surface area contributed by atoms with Gasteiger partial charge in [-0.3, -0.25) is 4.98 Å². The number of hydrogen-bond donors (Lipinski definition) is 1. The number of hydrogen-bond acceptors (Lipinski definition) is 3. The molecule has 1 unspecified atom stereocenters. The molecule has 0 amide bonds. The molecule has 0 spiro atoms. The molecule has 0 saturated carbocycles. The van der Waals surface area contributed by atoms with Gasteiger partial charge in [-0.05, 0) is 31.0 Å². The minimum absolute atomic E-state index is 0.529. The van der Waals surface area contributed by atoms with Gasteiger partial charge in [-0.1, -0.05) is 0 Å². The predicted octanol–water partition coefficient (Wildman–Crippen LogP) is 2.25. The molecule has 1 N–H and O–H groups in total. The molecular formula is C14H13N3O. The van der Waals surface area contributed by atoms with E-state index in [1.165, 1.54) is 0 Å². The van der Waals surface area contributed by atoms with Crippen LogP contribution in [0.5, 0.6) is 0 Å². The molecule has 0 aromatic carbocycles. The summed E-state index contributed by atoms with van der Waals surface area (Å²) in [5.74, 6) is 0. The van der Waals surface area contributed by atoms with E-state index < -0.39 is 6.10 Å². The number of rotatable bonds is 1. The quantitative estimate of drug-likeness (QED) is 0.830. The summed E-state index contributed by atoms with van der Waals surface area (Å²) >= 11 is 0. The third-order valence-corrected chi connectivity index (χ3v) is 3.39. The Morgan fingerprint density at radius 2 is 2.39 bits per heavy atom. The van der Waals surface area contributed by atoms with Crippen molar-refractivity contribution >= 4 is 0 Å². The first-order chi connectivity index (χ1) is 8.81. The third-order valence-electron chi connectivity index (χ3n) is 3.39. The average molecular weight is 239 g/mol. The largest absolute Gasteiger partial charge is 0.387 e. The van der Waals surface area contributed by atoms with Gasteiger partial charge in [0.25, 0.3) is 0 Å². The number of aromatic nitrogens is 2. The maximum atomic E-state index is 10.0. The Bertz CT molecular complexity index is 610. The Hall–Kier alpha value is -2.12. The zero-order chi connectivity index (χ0) is 12.5. The summed E-state index contributed by atoms with van der Waals surface area (Å²) in [6.45, 7) is 0.846. The summed E-state index contributed by atoms with van der Waals surface area (Å²) < 4.78 is 2.05. The number of nitriles is 1. The van der Waals surface area contributed by atoms with Crippen molar-refractivity contribution < 1.29 is 5.11 Å². The summed E-state index contributed by atoms with van der Waals surface area (Å²) in [7, 11) is 0. The van der Waals surface area contributed by atoms with Gasteiger partial charge in [0, 0.05) is 24.5 Å². The van der Waals surface area contributed by atoms with Gasteiger partial charge in [-0.2, -0.15) is 5.26 Å². The lowest BCUT2D eigenvalue weighted by Crippen LogP contribution is -2.16. The molecule has 1 atom stereocenters. The molecule has 18 heavy (non-hydrogen) atoms. The summed E-state index contributed by atoms with van der Waals surface area (Å²) in [4.78, 5) is 4.11. The van der Waals surface area contributed by atoms with Gasteiger partial charge in [0.2, 0.25) is 0 Å². The number of aliphatic hydroxyl groups is 1. The van der Waals surface area contributed by atoms with E-state index in [4.69, 9.17) is 0 Å². The molecule has 2 aromatic rings. The van der Waals surface area contributed by atoms with Crippen LogP contribution in [0.15, 0.2) is 30.6 Å². The Morgan fingerprint density at radius 3 is 3.11 bits per heavy atom. The smallest absolute Gasteiger partial charge is 0.101 e. The molecule has 3 heterocycles. The molecule has 90 valence electrons. The van der Waals surface area contributed by atoms with Crippen LogP contribution < -0.4 is 0 Å². The molecule has 0 saturated heterocycles. The van der Waals surface area contributed by atoms with Crippen molar-refractivity contribution in [1.29, 1.82) is 5.26 Å². The van der Waals surface area contributed by atoms with Crippen LogP contribution in [0.1, 0.15) is 30.2 Å². The highest BCUT2D eigenvalue weighted by molar-refractivity contribution is 5.63. The predicted molar refractivity (Wildman–Crippen MR) is 66.6 cm³/mol. The highest BCUT2D eigenvalue weighted by Crippen LogP contribution is 2.34. The van der Waals surface area contributed by atoms with Crippen molar-refractivity contribution in [2.75, 3.05) is 0 Å². The van der Waals surface area contributed by atoms with Crippen LogP contribution in [0.25, 0.3) is 11.3 Å². The van der Waals surface area contributed by atoms with Gasteiger partial charge >= 0.3 is 0 Å². The minimum Gasteiger partial charge on any atom is -0.387 e. The SMILES string of the molecule is N#Cc1cc(-c2cccnc2)n2c1C(O)CCC2. The molecular weight excluding hydrogens is 226 g/mol. The number of fused-ring (bicyclic) bond motifs is 1. The molecule has 3 rings (SSSR count). The number of nitrogens with zero attached hydrogens (tertiary/aromatic N) is 3. The average Bonchev–Trinajstić information content (AvgIpc) is 2.80. The van der Waals surface area contributed by atoms with Gasteiger partial charge in [-0.15, -0.1) is 0 Å². The van der Waals surface area contributed by atoms with Crippen molar-refractivity contribution in [1.82, 2.24) is 9.55 Å². The number of pyridine rings is 1. The maximum absolute atomic E-state index is 10.0. The van der Waals surface area contributed by atoms with Crippen molar-refractivity contribution in [3.8, 4) is 17.3 Å². The Labute approximate surface area is 105 Å². The Kier molecular flexibility index (Phi) is 2.62. The van der Waals surface area contributed by atoms with Gasteiger partial charge in [0.05, 0.1) is 23.1 Å². The van der Waals surface area contributed by atoms with E-state index >= 15 is 0 Å². The van der Waals surface area contributed by atoms with Crippen LogP contribution in [0.4, 0.5) is 0 Å². The molecule has 0 radical (unpaired) electrons. The standard InChI is InChI=1S/C14H13N3O/c15-8-11-7-12(10-3-1-5-16-9-10)17-6-2-4-13(18)14(11)17/h1,3,5,7,9,13,18H,2,4,6H2. The van der Waals surface area contributed by atoms with Crippen LogP contribution in [0.2, 0.25) is 0 Å². The van der Waals surface area contributed by atoms with E-state index in [0.717, 1.165) is 36.3 Å². The lowest BCUT2D eigenvalue weighted by molar-refractivity contribution is 0.139. The van der Waals surface area contributed by atoms with Crippen LogP contribution in [0.3, 0.4) is 0 Å². The van der Waals surface area contributed by atoms with Crippen molar-refractivity contribution in [3.05, 3.63) is 41.9 Å². The van der Waals surface area contributed by atoms with Crippen LogP contribution >= 0.6 is 0 Å². The molecule has 2 aromatic heterocycles. The Morgan fingerprint density at radius 1 is 1.50 bits per heavy atom. The summed E-state index contributed by atoms with van der Waals surface area (Å²) in [6, 6.07) is 7.87. The van der Waals surface area contributed by atoms with Gasteiger partial charge in [-0.25, -0.2) is 0 Å². The molecule has 1 aliphatic heterocycles.